The van der Waals surface area contributed by atoms with E-state index < -0.39 is 0 Å². The molecule has 9 atom stereocenters. The van der Waals surface area contributed by atoms with Crippen molar-refractivity contribution in [2.45, 2.75) is 135 Å². The minimum atomic E-state index is 0.607. The zero-order chi connectivity index (χ0) is 21.6. The third-order valence-electron chi connectivity index (χ3n) is 11.8. The lowest BCUT2D eigenvalue weighted by molar-refractivity contribution is -0.158. The Morgan fingerprint density at radius 1 is 0.800 bits per heavy atom. The van der Waals surface area contributed by atoms with E-state index >= 15 is 0 Å². The number of halogens is 1. The standard InChI is InChI=1S/C29H51I/c1-6-7-8-9-10-11-12-22-13-14-24-23-15-17-27(3)20-26(30)21(2)19-29(27,5)25(23)16-18-28(22,24)4/h21-26H,6-20H2,1-5H3. The number of unbranched alkanes of at least 4 members (excludes halogenated alkanes) is 5. The van der Waals surface area contributed by atoms with Crippen molar-refractivity contribution in [2.75, 3.05) is 0 Å². The molecule has 0 spiro atoms. The minimum Gasteiger partial charge on any atom is -0.0823 e. The van der Waals surface area contributed by atoms with Gasteiger partial charge in [-0.3, -0.25) is 0 Å². The summed E-state index contributed by atoms with van der Waals surface area (Å²) in [6.07, 6.45) is 22.6. The van der Waals surface area contributed by atoms with Crippen molar-refractivity contribution in [2.24, 2.45) is 45.8 Å². The SMILES string of the molecule is CCCCCCCCC1CCC2C3CCC4(C)CC(I)C(C)CC4(C)C3CCC12C. The fraction of sp³-hybridized carbons (Fsp3) is 1.00. The third-order valence-corrected chi connectivity index (χ3v) is 13.4. The second-order valence-corrected chi connectivity index (χ2v) is 14.8. The Hall–Kier alpha value is 0.730. The van der Waals surface area contributed by atoms with Crippen LogP contribution in [0.5, 0.6) is 0 Å². The number of hydrogen-bond donors (Lipinski definition) is 0. The maximum atomic E-state index is 2.79. The molecular formula is C29H51I. The number of hydrogen-bond acceptors (Lipinski definition) is 0. The van der Waals surface area contributed by atoms with Crippen molar-refractivity contribution in [3.8, 4) is 0 Å². The van der Waals surface area contributed by atoms with E-state index in [-0.39, 0.29) is 0 Å². The smallest absolute Gasteiger partial charge is 0.0141 e. The van der Waals surface area contributed by atoms with Gasteiger partial charge in [0.15, 0.2) is 0 Å². The molecule has 0 aromatic heterocycles. The van der Waals surface area contributed by atoms with Crippen LogP contribution < -0.4 is 0 Å². The molecule has 1 heteroatoms. The summed E-state index contributed by atoms with van der Waals surface area (Å²) < 4.78 is 0.902. The summed E-state index contributed by atoms with van der Waals surface area (Å²) in [7, 11) is 0. The first-order valence-electron chi connectivity index (χ1n) is 13.9. The Labute approximate surface area is 202 Å². The molecule has 0 aromatic rings. The van der Waals surface area contributed by atoms with Crippen LogP contribution in [-0.4, -0.2) is 3.92 Å². The fourth-order valence-corrected chi connectivity index (χ4v) is 10.8. The Bertz CT molecular complexity index is 585. The van der Waals surface area contributed by atoms with Gasteiger partial charge in [0.1, 0.15) is 0 Å². The van der Waals surface area contributed by atoms with Gasteiger partial charge in [-0.25, -0.2) is 0 Å². The van der Waals surface area contributed by atoms with Gasteiger partial charge in [-0.15, -0.1) is 0 Å². The molecule has 0 aromatic carbocycles. The minimum absolute atomic E-state index is 0.607. The van der Waals surface area contributed by atoms with Gasteiger partial charge >= 0.3 is 0 Å². The lowest BCUT2D eigenvalue weighted by Crippen LogP contribution is -2.59. The first-order chi connectivity index (χ1) is 14.2. The number of alkyl halides is 1. The van der Waals surface area contributed by atoms with Gasteiger partial charge < -0.3 is 0 Å². The molecule has 4 aliphatic carbocycles. The summed E-state index contributed by atoms with van der Waals surface area (Å²) in [5, 5.41) is 0. The summed E-state index contributed by atoms with van der Waals surface area (Å²) in [4.78, 5) is 0. The van der Waals surface area contributed by atoms with Crippen LogP contribution in [0.1, 0.15) is 131 Å². The molecule has 174 valence electrons. The largest absolute Gasteiger partial charge is 0.0823 e. The van der Waals surface area contributed by atoms with Gasteiger partial charge in [-0.1, -0.05) is 95.7 Å². The van der Waals surface area contributed by atoms with Crippen LogP contribution in [0.3, 0.4) is 0 Å². The summed E-state index contributed by atoms with van der Waals surface area (Å²) in [6.45, 7) is 13.1. The maximum Gasteiger partial charge on any atom is 0.0141 e. The number of rotatable bonds is 7. The molecule has 0 bridgehead atoms. The van der Waals surface area contributed by atoms with Gasteiger partial charge in [-0.05, 0) is 104 Å². The molecule has 0 saturated heterocycles. The van der Waals surface area contributed by atoms with Crippen molar-refractivity contribution in [1.82, 2.24) is 0 Å². The highest BCUT2D eigenvalue weighted by molar-refractivity contribution is 14.1. The summed E-state index contributed by atoms with van der Waals surface area (Å²) in [6, 6.07) is 0. The molecule has 4 fully saturated rings. The molecule has 30 heavy (non-hydrogen) atoms. The summed E-state index contributed by atoms with van der Waals surface area (Å²) in [5.74, 6) is 5.08. The normalized spacial score (nSPS) is 50.6. The van der Waals surface area contributed by atoms with E-state index in [1.165, 1.54) is 57.8 Å². The zero-order valence-electron chi connectivity index (χ0n) is 20.9. The monoisotopic (exact) mass is 526 g/mol. The van der Waals surface area contributed by atoms with E-state index in [1.54, 1.807) is 38.5 Å². The summed E-state index contributed by atoms with van der Waals surface area (Å²) in [5.41, 5.74) is 1.90. The second kappa shape index (κ2) is 9.17. The van der Waals surface area contributed by atoms with Crippen molar-refractivity contribution in [3.63, 3.8) is 0 Å². The van der Waals surface area contributed by atoms with Crippen molar-refractivity contribution >= 4 is 22.6 Å². The molecule has 0 aliphatic heterocycles. The lowest BCUT2D eigenvalue weighted by Gasteiger charge is -2.66. The highest BCUT2D eigenvalue weighted by Gasteiger charge is 2.63. The van der Waals surface area contributed by atoms with Crippen LogP contribution in [0.25, 0.3) is 0 Å². The molecule has 0 radical (unpaired) electrons. The topological polar surface area (TPSA) is 0 Å². The number of fused-ring (bicyclic) bond motifs is 5. The van der Waals surface area contributed by atoms with E-state index in [0.717, 1.165) is 33.5 Å². The first-order valence-corrected chi connectivity index (χ1v) is 15.1. The third kappa shape index (κ3) is 3.96. The summed E-state index contributed by atoms with van der Waals surface area (Å²) >= 11 is 2.79. The van der Waals surface area contributed by atoms with E-state index in [4.69, 9.17) is 0 Å². The van der Waals surface area contributed by atoms with E-state index in [2.05, 4.69) is 57.2 Å². The average Bonchev–Trinajstić information content (AvgIpc) is 3.03. The van der Waals surface area contributed by atoms with Gasteiger partial charge in [0.05, 0.1) is 0 Å². The van der Waals surface area contributed by atoms with Gasteiger partial charge in [-0.2, -0.15) is 0 Å². The molecule has 4 saturated carbocycles. The molecule has 9 unspecified atom stereocenters. The second-order valence-electron chi connectivity index (χ2n) is 13.2. The van der Waals surface area contributed by atoms with Crippen LogP contribution >= 0.6 is 22.6 Å². The van der Waals surface area contributed by atoms with Crippen LogP contribution in [0.15, 0.2) is 0 Å². The lowest BCUT2D eigenvalue weighted by atomic mass is 9.39. The van der Waals surface area contributed by atoms with Crippen LogP contribution in [0.4, 0.5) is 0 Å². The predicted octanol–water partition coefficient (Wildman–Crippen LogP) is 9.84. The Morgan fingerprint density at radius 2 is 1.53 bits per heavy atom. The Morgan fingerprint density at radius 3 is 2.30 bits per heavy atom. The fourth-order valence-electron chi connectivity index (χ4n) is 9.61. The maximum absolute atomic E-state index is 2.79. The van der Waals surface area contributed by atoms with Gasteiger partial charge in [0, 0.05) is 3.92 Å². The zero-order valence-corrected chi connectivity index (χ0v) is 23.1. The van der Waals surface area contributed by atoms with Crippen molar-refractivity contribution in [3.05, 3.63) is 0 Å². The Kier molecular flexibility index (Phi) is 7.30. The molecule has 0 heterocycles. The highest BCUT2D eigenvalue weighted by atomic mass is 127. The van der Waals surface area contributed by atoms with Crippen LogP contribution in [0, 0.1) is 45.8 Å². The van der Waals surface area contributed by atoms with Crippen LogP contribution in [0.2, 0.25) is 0 Å². The molecule has 4 aliphatic rings. The van der Waals surface area contributed by atoms with E-state index in [0.29, 0.717) is 16.2 Å². The van der Waals surface area contributed by atoms with Crippen molar-refractivity contribution < 1.29 is 0 Å². The van der Waals surface area contributed by atoms with Gasteiger partial charge in [0.25, 0.3) is 0 Å². The van der Waals surface area contributed by atoms with E-state index in [1.807, 2.05) is 0 Å². The molecule has 0 amide bonds. The van der Waals surface area contributed by atoms with E-state index in [9.17, 15) is 0 Å². The molecular weight excluding hydrogens is 475 g/mol. The average molecular weight is 527 g/mol. The van der Waals surface area contributed by atoms with Gasteiger partial charge in [0.2, 0.25) is 0 Å². The Balaban J connectivity index is 1.42. The quantitative estimate of drug-likeness (QED) is 0.176. The van der Waals surface area contributed by atoms with Crippen LogP contribution in [-0.2, 0) is 0 Å². The molecule has 0 N–H and O–H groups in total. The van der Waals surface area contributed by atoms with Crippen molar-refractivity contribution in [1.29, 1.82) is 0 Å². The predicted molar refractivity (Wildman–Crippen MR) is 140 cm³/mol. The molecule has 4 rings (SSSR count). The highest BCUT2D eigenvalue weighted by Crippen LogP contribution is 2.71. The molecule has 0 nitrogen and oxygen atoms in total. The first kappa shape index (κ1) is 23.9.